The Hall–Kier alpha value is -1.25. The topological polar surface area (TPSA) is 25.2 Å². The average molecular weight is 264 g/mol. The zero-order valence-corrected chi connectivity index (χ0v) is 11.3. The second kappa shape index (κ2) is 6.62. The van der Waals surface area contributed by atoms with Crippen LogP contribution in [0.4, 0.5) is 0 Å². The van der Waals surface area contributed by atoms with E-state index < -0.39 is 0 Å². The standard InChI is InChI=1S/C15H18ClNO/c1-2-17-11-13(10-15-4-3-9-18-15)12-5-7-14(16)8-6-12/h3-9,13,17H,2,10-11H2,1H3. The highest BCUT2D eigenvalue weighted by molar-refractivity contribution is 6.30. The monoisotopic (exact) mass is 263 g/mol. The lowest BCUT2D eigenvalue weighted by molar-refractivity contribution is 0.475. The van der Waals surface area contributed by atoms with Crippen molar-refractivity contribution in [2.45, 2.75) is 19.3 Å². The van der Waals surface area contributed by atoms with Gasteiger partial charge in [0.1, 0.15) is 5.76 Å². The fourth-order valence-corrected chi connectivity index (χ4v) is 2.16. The third kappa shape index (κ3) is 3.62. The van der Waals surface area contributed by atoms with E-state index in [9.17, 15) is 0 Å². The summed E-state index contributed by atoms with van der Waals surface area (Å²) in [5, 5.41) is 4.18. The molecule has 1 unspecified atom stereocenters. The molecular weight excluding hydrogens is 246 g/mol. The lowest BCUT2D eigenvalue weighted by Gasteiger charge is -2.16. The van der Waals surface area contributed by atoms with Crippen LogP contribution in [0.5, 0.6) is 0 Å². The van der Waals surface area contributed by atoms with E-state index in [0.717, 1.165) is 30.3 Å². The summed E-state index contributed by atoms with van der Waals surface area (Å²) in [6, 6.07) is 12.0. The van der Waals surface area contributed by atoms with Gasteiger partial charge in [-0.2, -0.15) is 0 Å². The molecule has 3 heteroatoms. The Kier molecular flexibility index (Phi) is 4.85. The molecule has 1 aromatic heterocycles. The predicted molar refractivity (Wildman–Crippen MR) is 75.1 cm³/mol. The van der Waals surface area contributed by atoms with E-state index in [2.05, 4.69) is 24.4 Å². The van der Waals surface area contributed by atoms with Crippen LogP contribution in [-0.2, 0) is 6.42 Å². The molecule has 1 aromatic carbocycles. The minimum absolute atomic E-state index is 0.411. The molecule has 2 aromatic rings. The van der Waals surface area contributed by atoms with Gasteiger partial charge in [-0.25, -0.2) is 0 Å². The molecule has 1 heterocycles. The summed E-state index contributed by atoms with van der Waals surface area (Å²) >= 11 is 5.93. The molecule has 96 valence electrons. The molecule has 0 radical (unpaired) electrons. The van der Waals surface area contributed by atoms with E-state index in [4.69, 9.17) is 16.0 Å². The van der Waals surface area contributed by atoms with Crippen LogP contribution in [0.1, 0.15) is 24.2 Å². The highest BCUT2D eigenvalue weighted by Crippen LogP contribution is 2.22. The van der Waals surface area contributed by atoms with Gasteiger partial charge in [0.2, 0.25) is 0 Å². The SMILES string of the molecule is CCNCC(Cc1ccco1)c1ccc(Cl)cc1. The van der Waals surface area contributed by atoms with Crippen LogP contribution < -0.4 is 5.32 Å². The highest BCUT2D eigenvalue weighted by Gasteiger charge is 2.13. The maximum absolute atomic E-state index is 5.93. The summed E-state index contributed by atoms with van der Waals surface area (Å²) in [4.78, 5) is 0. The van der Waals surface area contributed by atoms with Crippen molar-refractivity contribution in [1.29, 1.82) is 0 Å². The first-order valence-electron chi connectivity index (χ1n) is 6.28. The minimum Gasteiger partial charge on any atom is -0.469 e. The lowest BCUT2D eigenvalue weighted by atomic mass is 9.94. The summed E-state index contributed by atoms with van der Waals surface area (Å²) in [6.45, 7) is 4.03. The third-order valence-corrected chi connectivity index (χ3v) is 3.26. The number of halogens is 1. The first-order chi connectivity index (χ1) is 8.79. The number of benzene rings is 1. The van der Waals surface area contributed by atoms with Crippen molar-refractivity contribution in [3.05, 3.63) is 59.0 Å². The van der Waals surface area contributed by atoms with Crippen LogP contribution >= 0.6 is 11.6 Å². The molecule has 0 aliphatic carbocycles. The van der Waals surface area contributed by atoms with Crippen molar-refractivity contribution in [3.8, 4) is 0 Å². The van der Waals surface area contributed by atoms with Gasteiger partial charge in [-0.05, 0) is 36.4 Å². The molecule has 0 aliphatic heterocycles. The maximum atomic E-state index is 5.93. The first-order valence-corrected chi connectivity index (χ1v) is 6.66. The van der Waals surface area contributed by atoms with Gasteiger partial charge in [0, 0.05) is 23.9 Å². The fraction of sp³-hybridized carbons (Fsp3) is 0.333. The van der Waals surface area contributed by atoms with E-state index in [0.29, 0.717) is 5.92 Å². The largest absolute Gasteiger partial charge is 0.469 e. The molecule has 0 fully saturated rings. The number of likely N-dealkylation sites (N-methyl/N-ethyl adjacent to an activating group) is 1. The number of nitrogens with one attached hydrogen (secondary N) is 1. The summed E-state index contributed by atoms with van der Waals surface area (Å²) < 4.78 is 5.44. The predicted octanol–water partition coefficient (Wildman–Crippen LogP) is 3.87. The number of hydrogen-bond donors (Lipinski definition) is 1. The Bertz CT molecular complexity index is 450. The molecule has 0 bridgehead atoms. The molecule has 18 heavy (non-hydrogen) atoms. The second-order valence-corrected chi connectivity index (χ2v) is 4.78. The van der Waals surface area contributed by atoms with Gasteiger partial charge in [0.25, 0.3) is 0 Å². The molecule has 1 atom stereocenters. The zero-order valence-electron chi connectivity index (χ0n) is 10.5. The van der Waals surface area contributed by atoms with Gasteiger partial charge in [0.05, 0.1) is 6.26 Å². The smallest absolute Gasteiger partial charge is 0.104 e. The Morgan fingerprint density at radius 3 is 2.61 bits per heavy atom. The van der Waals surface area contributed by atoms with Gasteiger partial charge in [-0.1, -0.05) is 30.7 Å². The van der Waals surface area contributed by atoms with E-state index >= 15 is 0 Å². The van der Waals surface area contributed by atoms with E-state index in [-0.39, 0.29) is 0 Å². The van der Waals surface area contributed by atoms with Crippen LogP contribution in [0.25, 0.3) is 0 Å². The molecule has 0 amide bonds. The Balaban J connectivity index is 2.11. The number of furan rings is 1. The summed E-state index contributed by atoms with van der Waals surface area (Å²) in [5.74, 6) is 1.43. The third-order valence-electron chi connectivity index (χ3n) is 3.01. The molecule has 0 aliphatic rings. The summed E-state index contributed by atoms with van der Waals surface area (Å²) in [5.41, 5.74) is 1.29. The Morgan fingerprint density at radius 1 is 1.22 bits per heavy atom. The van der Waals surface area contributed by atoms with Crippen molar-refractivity contribution >= 4 is 11.6 Å². The molecule has 1 N–H and O–H groups in total. The first kappa shape index (κ1) is 13.2. The fourth-order valence-electron chi connectivity index (χ4n) is 2.03. The Labute approximate surface area is 113 Å². The van der Waals surface area contributed by atoms with Crippen LogP contribution in [0.2, 0.25) is 5.02 Å². The lowest BCUT2D eigenvalue weighted by Crippen LogP contribution is -2.22. The molecule has 0 spiro atoms. The van der Waals surface area contributed by atoms with Gasteiger partial charge in [-0.15, -0.1) is 0 Å². The van der Waals surface area contributed by atoms with Gasteiger partial charge < -0.3 is 9.73 Å². The van der Waals surface area contributed by atoms with E-state index in [1.54, 1.807) is 6.26 Å². The molecular formula is C15H18ClNO. The quantitative estimate of drug-likeness (QED) is 0.856. The normalized spacial score (nSPS) is 12.6. The van der Waals surface area contributed by atoms with Crippen LogP contribution in [-0.4, -0.2) is 13.1 Å². The summed E-state index contributed by atoms with van der Waals surface area (Å²) in [7, 11) is 0. The minimum atomic E-state index is 0.411. The zero-order chi connectivity index (χ0) is 12.8. The van der Waals surface area contributed by atoms with Crippen LogP contribution in [0.15, 0.2) is 47.1 Å². The second-order valence-electron chi connectivity index (χ2n) is 4.34. The van der Waals surface area contributed by atoms with Gasteiger partial charge >= 0.3 is 0 Å². The molecule has 2 rings (SSSR count). The van der Waals surface area contributed by atoms with E-state index in [1.165, 1.54) is 5.56 Å². The van der Waals surface area contributed by atoms with Gasteiger partial charge in [-0.3, -0.25) is 0 Å². The summed E-state index contributed by atoms with van der Waals surface area (Å²) in [6.07, 6.45) is 2.63. The van der Waals surface area contributed by atoms with Crippen molar-refractivity contribution < 1.29 is 4.42 Å². The van der Waals surface area contributed by atoms with Crippen molar-refractivity contribution in [3.63, 3.8) is 0 Å². The molecule has 0 saturated carbocycles. The molecule has 2 nitrogen and oxygen atoms in total. The van der Waals surface area contributed by atoms with Crippen molar-refractivity contribution in [1.82, 2.24) is 5.32 Å². The van der Waals surface area contributed by atoms with E-state index in [1.807, 2.05) is 24.3 Å². The number of rotatable bonds is 6. The maximum Gasteiger partial charge on any atom is 0.104 e. The average Bonchev–Trinajstić information content (AvgIpc) is 2.88. The van der Waals surface area contributed by atoms with Crippen molar-refractivity contribution in [2.24, 2.45) is 0 Å². The number of hydrogen-bond acceptors (Lipinski definition) is 2. The van der Waals surface area contributed by atoms with Crippen LogP contribution in [0.3, 0.4) is 0 Å². The molecule has 0 saturated heterocycles. The van der Waals surface area contributed by atoms with Crippen molar-refractivity contribution in [2.75, 3.05) is 13.1 Å². The van der Waals surface area contributed by atoms with Crippen LogP contribution in [0, 0.1) is 0 Å². The highest BCUT2D eigenvalue weighted by atomic mass is 35.5. The Morgan fingerprint density at radius 2 is 2.00 bits per heavy atom. The van der Waals surface area contributed by atoms with Gasteiger partial charge in [0.15, 0.2) is 0 Å².